The molecule has 0 bridgehead atoms. The van der Waals surface area contributed by atoms with Crippen molar-refractivity contribution in [3.05, 3.63) is 70.8 Å². The summed E-state index contributed by atoms with van der Waals surface area (Å²) in [5, 5.41) is 20.9. The summed E-state index contributed by atoms with van der Waals surface area (Å²) < 4.78 is 0. The molecule has 0 saturated carbocycles. The van der Waals surface area contributed by atoms with Gasteiger partial charge in [0.05, 0.1) is 0 Å². The Morgan fingerprint density at radius 1 is 0.680 bits per heavy atom. The largest absolute Gasteiger partial charge is 2.00 e. The van der Waals surface area contributed by atoms with Gasteiger partial charge in [-0.3, -0.25) is 0 Å². The zero-order chi connectivity index (χ0) is 18.3. The molecule has 2 rings (SSSR count). The standard InChI is InChI=1S/2C10H12O2.Zn/c2*1-7-3-5-9(6-4-7)8(2)10(11)12;/h2*3-6,8H,1-2H3,(H,11,12);/q;;+2/p-2. The van der Waals surface area contributed by atoms with E-state index in [2.05, 4.69) is 0 Å². The fraction of sp³-hybridized carbons (Fsp3) is 0.300. The number of benzene rings is 2. The summed E-state index contributed by atoms with van der Waals surface area (Å²) in [6, 6.07) is 14.9. The van der Waals surface area contributed by atoms with E-state index < -0.39 is 23.8 Å². The van der Waals surface area contributed by atoms with Crippen molar-refractivity contribution >= 4 is 11.9 Å². The van der Waals surface area contributed by atoms with Crippen molar-refractivity contribution in [1.82, 2.24) is 0 Å². The van der Waals surface area contributed by atoms with E-state index in [-0.39, 0.29) is 19.5 Å². The van der Waals surface area contributed by atoms with Gasteiger partial charge in [-0.15, -0.1) is 0 Å². The van der Waals surface area contributed by atoms with Crippen molar-refractivity contribution in [2.24, 2.45) is 0 Å². The van der Waals surface area contributed by atoms with E-state index in [0.717, 1.165) is 22.3 Å². The third-order valence-corrected chi connectivity index (χ3v) is 3.86. The van der Waals surface area contributed by atoms with Crippen molar-refractivity contribution in [1.29, 1.82) is 0 Å². The number of carboxylic acid groups (broad SMARTS) is 2. The maximum Gasteiger partial charge on any atom is 2.00 e. The van der Waals surface area contributed by atoms with Gasteiger partial charge in [0.2, 0.25) is 0 Å². The van der Waals surface area contributed by atoms with Crippen LogP contribution in [-0.4, -0.2) is 11.9 Å². The molecule has 25 heavy (non-hydrogen) atoms. The van der Waals surface area contributed by atoms with Gasteiger partial charge >= 0.3 is 19.5 Å². The van der Waals surface area contributed by atoms with Gasteiger partial charge in [-0.2, -0.15) is 0 Å². The quantitative estimate of drug-likeness (QED) is 0.743. The van der Waals surface area contributed by atoms with Crippen LogP contribution >= 0.6 is 0 Å². The second kappa shape index (κ2) is 10.8. The van der Waals surface area contributed by atoms with Gasteiger partial charge in [-0.25, -0.2) is 0 Å². The van der Waals surface area contributed by atoms with E-state index in [9.17, 15) is 19.8 Å². The average Bonchev–Trinajstić information content (AvgIpc) is 2.55. The van der Waals surface area contributed by atoms with Crippen molar-refractivity contribution in [3.63, 3.8) is 0 Å². The molecule has 4 nitrogen and oxygen atoms in total. The fourth-order valence-corrected chi connectivity index (χ4v) is 1.98. The summed E-state index contributed by atoms with van der Waals surface area (Å²) in [6.07, 6.45) is 0. The van der Waals surface area contributed by atoms with Gasteiger partial charge in [0, 0.05) is 23.8 Å². The molecule has 0 saturated heterocycles. The Morgan fingerprint density at radius 2 is 0.920 bits per heavy atom. The molecule has 0 amide bonds. The minimum Gasteiger partial charge on any atom is -0.550 e. The van der Waals surface area contributed by atoms with E-state index in [1.54, 1.807) is 13.8 Å². The van der Waals surface area contributed by atoms with Crippen LogP contribution in [0.1, 0.15) is 47.9 Å². The number of carbonyl (C=O) groups is 2. The zero-order valence-corrected chi connectivity index (χ0v) is 18.1. The topological polar surface area (TPSA) is 80.3 Å². The SMILES string of the molecule is Cc1ccc(C(C)C(=O)[O-])cc1.Cc1ccc(C(C)C(=O)[O-])cc1.[Zn+2]. The summed E-state index contributed by atoms with van der Waals surface area (Å²) in [5.74, 6) is -3.10. The number of aryl methyl sites for hydroxylation is 2. The van der Waals surface area contributed by atoms with Gasteiger partial charge in [0.15, 0.2) is 0 Å². The fourth-order valence-electron chi connectivity index (χ4n) is 1.98. The molecule has 0 aliphatic rings. The monoisotopic (exact) mass is 390 g/mol. The van der Waals surface area contributed by atoms with E-state index in [1.165, 1.54) is 0 Å². The Morgan fingerprint density at radius 3 is 1.12 bits per heavy atom. The third-order valence-electron chi connectivity index (χ3n) is 3.86. The summed E-state index contributed by atoms with van der Waals surface area (Å²) in [6.45, 7) is 7.18. The summed E-state index contributed by atoms with van der Waals surface area (Å²) in [5.41, 5.74) is 3.84. The normalized spacial score (nSPS) is 12.0. The molecule has 0 spiro atoms. The average molecular weight is 392 g/mol. The van der Waals surface area contributed by atoms with Crippen LogP contribution in [0.5, 0.6) is 0 Å². The van der Waals surface area contributed by atoms with Gasteiger partial charge in [-0.1, -0.05) is 73.5 Å². The van der Waals surface area contributed by atoms with E-state index in [0.29, 0.717) is 0 Å². The van der Waals surface area contributed by atoms with E-state index in [4.69, 9.17) is 0 Å². The predicted molar refractivity (Wildman–Crippen MR) is 89.2 cm³/mol. The Bertz CT molecular complexity index is 616. The molecule has 0 N–H and O–H groups in total. The summed E-state index contributed by atoms with van der Waals surface area (Å²) in [4.78, 5) is 20.9. The first-order valence-electron chi connectivity index (χ1n) is 7.77. The molecular formula is C20H22O4Zn. The van der Waals surface area contributed by atoms with Crippen molar-refractivity contribution in [2.75, 3.05) is 0 Å². The van der Waals surface area contributed by atoms with Gasteiger partial charge in [0.1, 0.15) is 0 Å². The molecule has 128 valence electrons. The minimum atomic E-state index is -1.03. The molecule has 0 radical (unpaired) electrons. The Balaban J connectivity index is 0.000000443. The Kier molecular flexibility index (Phi) is 9.92. The first kappa shape index (κ1) is 23.0. The van der Waals surface area contributed by atoms with Crippen LogP contribution in [0.15, 0.2) is 48.5 Å². The molecule has 0 fully saturated rings. The van der Waals surface area contributed by atoms with Crippen LogP contribution in [0, 0.1) is 13.8 Å². The first-order valence-corrected chi connectivity index (χ1v) is 7.77. The number of hydrogen-bond donors (Lipinski definition) is 0. The molecule has 5 heteroatoms. The minimum absolute atomic E-state index is 0. The second-order valence-corrected chi connectivity index (χ2v) is 5.90. The summed E-state index contributed by atoms with van der Waals surface area (Å²) in [7, 11) is 0. The van der Waals surface area contributed by atoms with Crippen LogP contribution in [0.3, 0.4) is 0 Å². The van der Waals surface area contributed by atoms with E-state index >= 15 is 0 Å². The van der Waals surface area contributed by atoms with Gasteiger partial charge < -0.3 is 19.8 Å². The third kappa shape index (κ3) is 7.61. The number of carbonyl (C=O) groups excluding carboxylic acids is 2. The predicted octanol–water partition coefficient (Wildman–Crippen LogP) is 1.69. The smallest absolute Gasteiger partial charge is 0.550 e. The zero-order valence-electron chi connectivity index (χ0n) is 15.1. The number of aliphatic carboxylic acids is 2. The molecule has 0 aromatic heterocycles. The first-order chi connectivity index (χ1) is 11.2. The molecule has 2 aromatic rings. The van der Waals surface area contributed by atoms with Gasteiger partial charge in [0.25, 0.3) is 0 Å². The Hall–Kier alpha value is -2.00. The number of hydrogen-bond acceptors (Lipinski definition) is 4. The van der Waals surface area contributed by atoms with Gasteiger partial charge in [-0.05, 0) is 25.0 Å². The van der Waals surface area contributed by atoms with Crippen LogP contribution in [0.2, 0.25) is 0 Å². The van der Waals surface area contributed by atoms with Crippen molar-refractivity contribution in [2.45, 2.75) is 39.5 Å². The van der Waals surface area contributed by atoms with Crippen LogP contribution in [0.4, 0.5) is 0 Å². The van der Waals surface area contributed by atoms with Crippen molar-refractivity contribution in [3.8, 4) is 0 Å². The van der Waals surface area contributed by atoms with Crippen molar-refractivity contribution < 1.29 is 39.3 Å². The Labute approximate surface area is 161 Å². The van der Waals surface area contributed by atoms with Crippen LogP contribution in [-0.2, 0) is 29.1 Å². The molecular weight excluding hydrogens is 370 g/mol. The number of carboxylic acids is 2. The molecule has 2 atom stereocenters. The number of rotatable bonds is 4. The van der Waals surface area contributed by atoms with Crippen LogP contribution in [0.25, 0.3) is 0 Å². The molecule has 0 heterocycles. The maximum atomic E-state index is 10.5. The molecule has 2 unspecified atom stereocenters. The molecule has 0 aliphatic carbocycles. The molecule has 0 aliphatic heterocycles. The second-order valence-electron chi connectivity index (χ2n) is 5.90. The van der Waals surface area contributed by atoms with E-state index in [1.807, 2.05) is 62.4 Å². The maximum absolute atomic E-state index is 10.5. The summed E-state index contributed by atoms with van der Waals surface area (Å²) >= 11 is 0. The van der Waals surface area contributed by atoms with Crippen LogP contribution < -0.4 is 10.2 Å². The molecule has 2 aromatic carbocycles.